The van der Waals surface area contributed by atoms with Crippen LogP contribution in [0.25, 0.3) is 11.0 Å². The van der Waals surface area contributed by atoms with Gasteiger partial charge in [-0.2, -0.15) is 0 Å². The molecule has 0 saturated carbocycles. The molecule has 0 fully saturated rings. The van der Waals surface area contributed by atoms with Gasteiger partial charge in [-0.3, -0.25) is 0 Å². The number of fused-ring (bicyclic) bond motifs is 1. The molecule has 0 spiro atoms. The molecule has 0 radical (unpaired) electrons. The first kappa shape index (κ1) is 10.9. The van der Waals surface area contributed by atoms with Gasteiger partial charge >= 0.3 is 0 Å². The van der Waals surface area contributed by atoms with Crippen LogP contribution in [0.5, 0.6) is 0 Å². The molecule has 0 amide bonds. The number of hydrogen-bond acceptors (Lipinski definition) is 4. The second-order valence-electron chi connectivity index (χ2n) is 4.34. The molecule has 0 aliphatic rings. The van der Waals surface area contributed by atoms with Crippen molar-refractivity contribution in [3.05, 3.63) is 59.9 Å². The number of benzene rings is 1. The number of furan rings is 1. The predicted octanol–water partition coefficient (Wildman–Crippen LogP) is 2.58. The van der Waals surface area contributed by atoms with Crippen molar-refractivity contribution in [2.24, 2.45) is 5.73 Å². The van der Waals surface area contributed by atoms with Crippen LogP contribution in [-0.2, 0) is 0 Å². The van der Waals surface area contributed by atoms with Gasteiger partial charge in [0.05, 0.1) is 6.04 Å². The van der Waals surface area contributed by atoms with E-state index in [1.54, 1.807) is 12.4 Å². The summed E-state index contributed by atoms with van der Waals surface area (Å²) in [6.45, 7) is 2.05. The Hall–Kier alpha value is -2.20. The summed E-state index contributed by atoms with van der Waals surface area (Å²) in [5.41, 5.74) is 9.04. The van der Waals surface area contributed by atoms with E-state index in [2.05, 4.69) is 23.0 Å². The Labute approximate surface area is 104 Å². The molecule has 0 saturated heterocycles. The van der Waals surface area contributed by atoms with Gasteiger partial charge in [-0.15, -0.1) is 0 Å². The van der Waals surface area contributed by atoms with Gasteiger partial charge in [0, 0.05) is 23.3 Å². The first-order valence-corrected chi connectivity index (χ1v) is 5.74. The highest BCUT2D eigenvalue weighted by Gasteiger charge is 2.14. The maximum atomic E-state index is 6.14. The normalized spacial score (nSPS) is 12.8. The van der Waals surface area contributed by atoms with E-state index in [0.717, 1.165) is 22.3 Å². The fourth-order valence-corrected chi connectivity index (χ4v) is 1.97. The average Bonchev–Trinajstić information content (AvgIpc) is 2.81. The van der Waals surface area contributed by atoms with Gasteiger partial charge in [-0.1, -0.05) is 11.6 Å². The quantitative estimate of drug-likeness (QED) is 0.746. The van der Waals surface area contributed by atoms with Crippen LogP contribution < -0.4 is 5.73 Å². The molecule has 0 aliphatic carbocycles. The van der Waals surface area contributed by atoms with E-state index in [9.17, 15) is 0 Å². The Morgan fingerprint density at radius 2 is 1.94 bits per heavy atom. The largest absolute Gasteiger partial charge is 0.459 e. The number of nitrogens with two attached hydrogens (primary N) is 1. The summed E-state index contributed by atoms with van der Waals surface area (Å²) < 4.78 is 5.76. The fraction of sp³-hybridized carbons (Fsp3) is 0.143. The van der Waals surface area contributed by atoms with Gasteiger partial charge in [0.25, 0.3) is 0 Å². The van der Waals surface area contributed by atoms with E-state index in [1.165, 1.54) is 11.9 Å². The zero-order valence-electron chi connectivity index (χ0n) is 10.00. The van der Waals surface area contributed by atoms with Gasteiger partial charge in [0.15, 0.2) is 0 Å². The van der Waals surface area contributed by atoms with E-state index in [0.29, 0.717) is 0 Å². The molecule has 1 unspecified atom stereocenters. The van der Waals surface area contributed by atoms with Crippen molar-refractivity contribution in [1.82, 2.24) is 9.97 Å². The Morgan fingerprint density at radius 1 is 1.17 bits per heavy atom. The van der Waals surface area contributed by atoms with Gasteiger partial charge in [0.1, 0.15) is 17.7 Å². The fourth-order valence-electron chi connectivity index (χ4n) is 1.97. The molecule has 1 aromatic carbocycles. The Morgan fingerprint density at radius 3 is 2.72 bits per heavy atom. The minimum atomic E-state index is -0.334. The summed E-state index contributed by atoms with van der Waals surface area (Å²) in [7, 11) is 0. The van der Waals surface area contributed by atoms with E-state index in [1.807, 2.05) is 18.2 Å². The molecule has 0 bridgehead atoms. The van der Waals surface area contributed by atoms with Crippen LogP contribution in [0.4, 0.5) is 0 Å². The lowest BCUT2D eigenvalue weighted by Crippen LogP contribution is -2.11. The second-order valence-corrected chi connectivity index (χ2v) is 4.34. The van der Waals surface area contributed by atoms with Crippen LogP contribution in [0.3, 0.4) is 0 Å². The highest BCUT2D eigenvalue weighted by Crippen LogP contribution is 2.26. The van der Waals surface area contributed by atoms with Crippen molar-refractivity contribution in [2.75, 3.05) is 0 Å². The molecule has 2 heterocycles. The molecule has 90 valence electrons. The van der Waals surface area contributed by atoms with E-state index < -0.39 is 0 Å². The Bertz CT molecular complexity index is 676. The van der Waals surface area contributed by atoms with Crippen LogP contribution in [0.15, 0.2) is 47.4 Å². The van der Waals surface area contributed by atoms with Crippen LogP contribution in [0, 0.1) is 6.92 Å². The summed E-state index contributed by atoms with van der Waals surface area (Å²) >= 11 is 0. The van der Waals surface area contributed by atoms with Crippen LogP contribution >= 0.6 is 0 Å². The molecule has 3 aromatic rings. The van der Waals surface area contributed by atoms with Crippen molar-refractivity contribution in [2.45, 2.75) is 13.0 Å². The first-order chi connectivity index (χ1) is 8.74. The summed E-state index contributed by atoms with van der Waals surface area (Å²) in [5, 5.41) is 1.07. The van der Waals surface area contributed by atoms with Gasteiger partial charge in [-0.05, 0) is 25.1 Å². The van der Waals surface area contributed by atoms with Gasteiger partial charge in [-0.25, -0.2) is 9.97 Å². The highest BCUT2D eigenvalue weighted by atomic mass is 16.3. The average molecular weight is 239 g/mol. The SMILES string of the molecule is Cc1ccc2oc(C(N)c3cncnc3)cc2c1. The molecule has 2 N–H and O–H groups in total. The smallest absolute Gasteiger partial charge is 0.134 e. The number of aromatic nitrogens is 2. The minimum Gasteiger partial charge on any atom is -0.459 e. The Kier molecular flexibility index (Phi) is 2.57. The second kappa shape index (κ2) is 4.23. The summed E-state index contributed by atoms with van der Waals surface area (Å²) in [4.78, 5) is 7.93. The number of hydrogen-bond donors (Lipinski definition) is 1. The standard InChI is InChI=1S/C14H13N3O/c1-9-2-3-12-10(4-9)5-13(18-12)14(15)11-6-16-8-17-7-11/h2-8,14H,15H2,1H3. The third kappa shape index (κ3) is 1.87. The number of aryl methyl sites for hydroxylation is 1. The molecule has 2 aromatic heterocycles. The first-order valence-electron chi connectivity index (χ1n) is 5.74. The maximum absolute atomic E-state index is 6.14. The van der Waals surface area contributed by atoms with Gasteiger partial charge < -0.3 is 10.2 Å². The lowest BCUT2D eigenvalue weighted by Gasteiger charge is -2.06. The van der Waals surface area contributed by atoms with Crippen molar-refractivity contribution in [3.63, 3.8) is 0 Å². The number of rotatable bonds is 2. The maximum Gasteiger partial charge on any atom is 0.134 e. The lowest BCUT2D eigenvalue weighted by atomic mass is 10.1. The molecule has 3 rings (SSSR count). The molecule has 4 heteroatoms. The Balaban J connectivity index is 2.04. The molecular formula is C14H13N3O. The molecular weight excluding hydrogens is 226 g/mol. The van der Waals surface area contributed by atoms with Crippen molar-refractivity contribution in [1.29, 1.82) is 0 Å². The molecule has 18 heavy (non-hydrogen) atoms. The minimum absolute atomic E-state index is 0.334. The van der Waals surface area contributed by atoms with Crippen molar-refractivity contribution < 1.29 is 4.42 Å². The third-order valence-electron chi connectivity index (χ3n) is 2.94. The molecule has 1 atom stereocenters. The monoisotopic (exact) mass is 239 g/mol. The van der Waals surface area contributed by atoms with Crippen molar-refractivity contribution in [3.8, 4) is 0 Å². The summed E-state index contributed by atoms with van der Waals surface area (Å²) in [6.07, 6.45) is 4.89. The lowest BCUT2D eigenvalue weighted by molar-refractivity contribution is 0.524. The highest BCUT2D eigenvalue weighted by molar-refractivity contribution is 5.78. The van der Waals surface area contributed by atoms with E-state index in [4.69, 9.17) is 10.2 Å². The van der Waals surface area contributed by atoms with Crippen molar-refractivity contribution >= 4 is 11.0 Å². The van der Waals surface area contributed by atoms with E-state index in [-0.39, 0.29) is 6.04 Å². The summed E-state index contributed by atoms with van der Waals surface area (Å²) in [5.74, 6) is 0.727. The zero-order valence-corrected chi connectivity index (χ0v) is 10.00. The van der Waals surface area contributed by atoms with Crippen LogP contribution in [-0.4, -0.2) is 9.97 Å². The predicted molar refractivity (Wildman–Crippen MR) is 69.0 cm³/mol. The topological polar surface area (TPSA) is 64.9 Å². The summed E-state index contributed by atoms with van der Waals surface area (Å²) in [6, 6.07) is 7.70. The van der Waals surface area contributed by atoms with Crippen LogP contribution in [0.1, 0.15) is 22.9 Å². The van der Waals surface area contributed by atoms with E-state index >= 15 is 0 Å². The third-order valence-corrected chi connectivity index (χ3v) is 2.94. The van der Waals surface area contributed by atoms with Crippen LogP contribution in [0.2, 0.25) is 0 Å². The number of nitrogens with zero attached hydrogens (tertiary/aromatic N) is 2. The molecule has 0 aliphatic heterocycles. The van der Waals surface area contributed by atoms with Gasteiger partial charge in [0.2, 0.25) is 0 Å². The zero-order chi connectivity index (χ0) is 12.5. The molecule has 4 nitrogen and oxygen atoms in total.